The molecule has 1 aromatic carbocycles. The minimum Gasteiger partial charge on any atom is -0.338 e. The van der Waals surface area contributed by atoms with Gasteiger partial charge in [-0.15, -0.1) is 0 Å². The van der Waals surface area contributed by atoms with Crippen molar-refractivity contribution in [3.05, 3.63) is 72.2 Å². The number of rotatable bonds is 3. The Hall–Kier alpha value is -2.95. The number of nitrogens with one attached hydrogen (secondary N) is 1. The zero-order valence-electron chi connectivity index (χ0n) is 13.9. The van der Waals surface area contributed by atoms with Crippen LogP contribution in [0.2, 0.25) is 0 Å². The molecule has 2 aromatic heterocycles. The van der Waals surface area contributed by atoms with Crippen LogP contribution in [0, 0.1) is 0 Å². The number of carbonyl (C=O) groups is 1. The summed E-state index contributed by atoms with van der Waals surface area (Å²) in [6, 6.07) is 15.9. The number of carbonyl (C=O) groups excluding carboxylic acids is 1. The third-order valence-corrected chi connectivity index (χ3v) is 4.72. The quantitative estimate of drug-likeness (QED) is 0.798. The summed E-state index contributed by atoms with van der Waals surface area (Å²) in [5.41, 5.74) is 3.80. The lowest BCUT2D eigenvalue weighted by molar-refractivity contribution is 0.0705. The number of H-pyrrole nitrogens is 1. The number of benzene rings is 1. The Balaban J connectivity index is 1.50. The minimum atomic E-state index is 0.0561. The molecule has 1 atom stereocenters. The summed E-state index contributed by atoms with van der Waals surface area (Å²) < 4.78 is 0. The molecule has 5 nitrogen and oxygen atoms in total. The highest BCUT2D eigenvalue weighted by Gasteiger charge is 2.26. The van der Waals surface area contributed by atoms with Crippen LogP contribution in [0.4, 0.5) is 0 Å². The van der Waals surface area contributed by atoms with Crippen molar-refractivity contribution in [2.45, 2.75) is 18.8 Å². The van der Waals surface area contributed by atoms with Crippen LogP contribution < -0.4 is 0 Å². The second-order valence-electron chi connectivity index (χ2n) is 6.41. The summed E-state index contributed by atoms with van der Waals surface area (Å²) >= 11 is 0. The Kier molecular flexibility index (Phi) is 4.29. The third-order valence-electron chi connectivity index (χ3n) is 4.72. The Morgan fingerprint density at radius 1 is 1.16 bits per heavy atom. The summed E-state index contributed by atoms with van der Waals surface area (Å²) in [6.07, 6.45) is 5.38. The topological polar surface area (TPSA) is 61.9 Å². The van der Waals surface area contributed by atoms with E-state index in [0.29, 0.717) is 18.0 Å². The van der Waals surface area contributed by atoms with E-state index >= 15 is 0 Å². The zero-order chi connectivity index (χ0) is 17.1. The molecule has 1 unspecified atom stereocenters. The number of hydrogen-bond acceptors (Lipinski definition) is 3. The van der Waals surface area contributed by atoms with E-state index in [1.54, 1.807) is 18.5 Å². The summed E-state index contributed by atoms with van der Waals surface area (Å²) in [4.78, 5) is 18.6. The van der Waals surface area contributed by atoms with Crippen molar-refractivity contribution in [3.8, 4) is 11.3 Å². The number of aromatic nitrogens is 3. The average Bonchev–Trinajstić information content (AvgIpc) is 3.19. The third kappa shape index (κ3) is 3.31. The van der Waals surface area contributed by atoms with Crippen molar-refractivity contribution in [2.75, 3.05) is 13.1 Å². The van der Waals surface area contributed by atoms with Crippen molar-refractivity contribution in [1.29, 1.82) is 0 Å². The molecular formula is C20H20N4O. The summed E-state index contributed by atoms with van der Waals surface area (Å²) in [6.45, 7) is 1.51. The molecule has 0 bridgehead atoms. The van der Waals surface area contributed by atoms with Gasteiger partial charge in [-0.05, 0) is 31.0 Å². The van der Waals surface area contributed by atoms with Gasteiger partial charge in [0.25, 0.3) is 5.91 Å². The van der Waals surface area contributed by atoms with Gasteiger partial charge in [0.15, 0.2) is 0 Å². The highest BCUT2D eigenvalue weighted by molar-refractivity contribution is 5.94. The molecule has 1 saturated heterocycles. The van der Waals surface area contributed by atoms with Gasteiger partial charge in [0.05, 0.1) is 11.3 Å². The van der Waals surface area contributed by atoms with E-state index in [0.717, 1.165) is 36.3 Å². The lowest BCUT2D eigenvalue weighted by atomic mass is 9.94. The van der Waals surface area contributed by atoms with Crippen LogP contribution in [0.3, 0.4) is 0 Å². The fourth-order valence-electron chi connectivity index (χ4n) is 3.39. The van der Waals surface area contributed by atoms with Gasteiger partial charge in [0.2, 0.25) is 0 Å². The van der Waals surface area contributed by atoms with E-state index < -0.39 is 0 Å². The number of piperidine rings is 1. The van der Waals surface area contributed by atoms with Gasteiger partial charge in [-0.1, -0.05) is 30.3 Å². The molecule has 1 amide bonds. The van der Waals surface area contributed by atoms with Gasteiger partial charge in [-0.25, -0.2) is 0 Å². The number of nitrogens with zero attached hydrogens (tertiary/aromatic N) is 3. The van der Waals surface area contributed by atoms with E-state index in [9.17, 15) is 4.79 Å². The molecule has 1 aliphatic rings. The largest absolute Gasteiger partial charge is 0.338 e. The predicted octanol–water partition coefficient (Wildman–Crippen LogP) is 3.49. The summed E-state index contributed by atoms with van der Waals surface area (Å²) in [5, 5.41) is 7.62. The Morgan fingerprint density at radius 2 is 2.04 bits per heavy atom. The lowest BCUT2D eigenvalue weighted by Gasteiger charge is -2.32. The fraction of sp³-hybridized carbons (Fsp3) is 0.250. The van der Waals surface area contributed by atoms with Crippen LogP contribution in [0.5, 0.6) is 0 Å². The number of amides is 1. The molecule has 1 aliphatic heterocycles. The van der Waals surface area contributed by atoms with Gasteiger partial charge in [0, 0.05) is 42.7 Å². The molecule has 0 aliphatic carbocycles. The highest BCUT2D eigenvalue weighted by atomic mass is 16.2. The molecule has 25 heavy (non-hydrogen) atoms. The molecule has 0 spiro atoms. The smallest absolute Gasteiger partial charge is 0.255 e. The monoisotopic (exact) mass is 332 g/mol. The molecule has 0 saturated carbocycles. The normalized spacial score (nSPS) is 17.4. The molecular weight excluding hydrogens is 312 g/mol. The van der Waals surface area contributed by atoms with Crippen molar-refractivity contribution < 1.29 is 4.79 Å². The maximum atomic E-state index is 12.7. The Morgan fingerprint density at radius 3 is 2.84 bits per heavy atom. The van der Waals surface area contributed by atoms with Crippen LogP contribution in [0.25, 0.3) is 11.3 Å². The first-order valence-electron chi connectivity index (χ1n) is 8.61. The number of pyridine rings is 1. The van der Waals surface area contributed by atoms with Crippen molar-refractivity contribution in [2.24, 2.45) is 0 Å². The molecule has 4 rings (SSSR count). The molecule has 3 heterocycles. The number of likely N-dealkylation sites (tertiary alicyclic amines) is 1. The Bertz CT molecular complexity index is 844. The van der Waals surface area contributed by atoms with Crippen molar-refractivity contribution >= 4 is 5.91 Å². The maximum absolute atomic E-state index is 12.7. The number of aromatic amines is 1. The van der Waals surface area contributed by atoms with Gasteiger partial charge in [-0.3, -0.25) is 14.9 Å². The van der Waals surface area contributed by atoms with E-state index in [4.69, 9.17) is 0 Å². The van der Waals surface area contributed by atoms with Crippen LogP contribution in [0.1, 0.15) is 34.8 Å². The molecule has 126 valence electrons. The fourth-order valence-corrected chi connectivity index (χ4v) is 3.39. The van der Waals surface area contributed by atoms with Gasteiger partial charge in [-0.2, -0.15) is 5.10 Å². The highest BCUT2D eigenvalue weighted by Crippen LogP contribution is 2.29. The standard InChI is InChI=1S/C20H20N4O/c25-20(16-8-4-10-21-13-16)24-11-5-9-17(14-24)19-12-18(22-23-19)15-6-2-1-3-7-15/h1-4,6-8,10,12-13,17H,5,9,11,14H2,(H,22,23). The van der Waals surface area contributed by atoms with Crippen molar-refractivity contribution in [1.82, 2.24) is 20.1 Å². The molecule has 1 N–H and O–H groups in total. The second-order valence-corrected chi connectivity index (χ2v) is 6.41. The summed E-state index contributed by atoms with van der Waals surface area (Å²) in [7, 11) is 0. The average molecular weight is 332 g/mol. The maximum Gasteiger partial charge on any atom is 0.255 e. The van der Waals surface area contributed by atoms with E-state index in [-0.39, 0.29) is 5.91 Å². The van der Waals surface area contributed by atoms with E-state index in [2.05, 4.69) is 33.4 Å². The minimum absolute atomic E-state index is 0.0561. The van der Waals surface area contributed by atoms with Crippen LogP contribution in [-0.2, 0) is 0 Å². The lowest BCUT2D eigenvalue weighted by Crippen LogP contribution is -2.39. The van der Waals surface area contributed by atoms with Crippen LogP contribution in [0.15, 0.2) is 60.9 Å². The zero-order valence-corrected chi connectivity index (χ0v) is 13.9. The van der Waals surface area contributed by atoms with Gasteiger partial charge >= 0.3 is 0 Å². The molecule has 0 radical (unpaired) electrons. The van der Waals surface area contributed by atoms with Gasteiger partial charge in [0.1, 0.15) is 0 Å². The molecule has 3 aromatic rings. The first kappa shape index (κ1) is 15.6. The first-order valence-corrected chi connectivity index (χ1v) is 8.61. The first-order chi connectivity index (χ1) is 12.3. The predicted molar refractivity (Wildman–Crippen MR) is 96.1 cm³/mol. The van der Waals surface area contributed by atoms with Crippen LogP contribution in [-0.4, -0.2) is 39.1 Å². The SMILES string of the molecule is O=C(c1cccnc1)N1CCCC(c2cc(-c3ccccc3)n[nH]2)C1. The van der Waals surface area contributed by atoms with Gasteiger partial charge < -0.3 is 4.90 Å². The van der Waals surface area contributed by atoms with E-state index in [1.807, 2.05) is 29.2 Å². The second kappa shape index (κ2) is 6.89. The van der Waals surface area contributed by atoms with Crippen LogP contribution >= 0.6 is 0 Å². The summed E-state index contributed by atoms with van der Waals surface area (Å²) in [5.74, 6) is 0.347. The Labute approximate surface area is 146 Å². The molecule has 1 fully saturated rings. The number of hydrogen-bond donors (Lipinski definition) is 1. The van der Waals surface area contributed by atoms with E-state index in [1.165, 1.54) is 0 Å². The molecule has 5 heteroatoms. The van der Waals surface area contributed by atoms with Crippen molar-refractivity contribution in [3.63, 3.8) is 0 Å².